The smallest absolute Gasteiger partial charge is 0.277 e. The Balaban J connectivity index is 2.05. The van der Waals surface area contributed by atoms with E-state index in [-0.39, 0.29) is 17.5 Å². The molecule has 0 radical (unpaired) electrons. The number of hydrogen-bond donors (Lipinski definition) is 1. The molecule has 5 nitrogen and oxygen atoms in total. The van der Waals surface area contributed by atoms with Crippen molar-refractivity contribution in [1.82, 2.24) is 4.90 Å². The molecule has 0 atom stereocenters. The second-order valence-corrected chi connectivity index (χ2v) is 6.17. The number of methoxy groups -OCH3 is 1. The number of nitrogens with zero attached hydrogens (tertiary/aromatic N) is 1. The van der Waals surface area contributed by atoms with Crippen molar-refractivity contribution in [1.29, 1.82) is 0 Å². The number of benzene rings is 2. The number of carbonyl (C=O) groups is 2. The van der Waals surface area contributed by atoms with Crippen molar-refractivity contribution in [2.45, 2.75) is 6.92 Å². The van der Waals surface area contributed by atoms with Gasteiger partial charge in [0.05, 0.1) is 17.7 Å². The van der Waals surface area contributed by atoms with Gasteiger partial charge in [0.25, 0.3) is 11.8 Å². The number of rotatable bonds is 4. The second kappa shape index (κ2) is 6.61. The van der Waals surface area contributed by atoms with Crippen molar-refractivity contribution in [3.05, 3.63) is 64.3 Å². The maximum Gasteiger partial charge on any atom is 0.277 e. The Hall–Kier alpha value is -2.79. The molecule has 1 aliphatic rings. The lowest BCUT2D eigenvalue weighted by molar-refractivity contribution is -0.135. The first-order chi connectivity index (χ1) is 11.9. The van der Waals surface area contributed by atoms with Crippen LogP contribution >= 0.6 is 11.6 Å². The Bertz CT molecular complexity index is 888. The lowest BCUT2D eigenvalue weighted by Crippen LogP contribution is -2.27. The van der Waals surface area contributed by atoms with Gasteiger partial charge in [0.15, 0.2) is 0 Å². The average molecular weight is 357 g/mol. The lowest BCUT2D eigenvalue weighted by atomic mass is 10.0. The Morgan fingerprint density at radius 1 is 1.04 bits per heavy atom. The van der Waals surface area contributed by atoms with Crippen LogP contribution in [0.2, 0.25) is 5.02 Å². The van der Waals surface area contributed by atoms with E-state index in [1.807, 2.05) is 31.2 Å². The Morgan fingerprint density at radius 3 is 2.32 bits per heavy atom. The molecule has 1 aliphatic heterocycles. The number of hydrogen-bond acceptors (Lipinski definition) is 4. The van der Waals surface area contributed by atoms with E-state index in [4.69, 9.17) is 16.3 Å². The highest BCUT2D eigenvalue weighted by Gasteiger charge is 2.36. The van der Waals surface area contributed by atoms with Gasteiger partial charge in [0, 0.05) is 12.7 Å². The molecule has 3 rings (SSSR count). The van der Waals surface area contributed by atoms with Crippen molar-refractivity contribution < 1.29 is 14.3 Å². The Morgan fingerprint density at radius 2 is 1.72 bits per heavy atom. The summed E-state index contributed by atoms with van der Waals surface area (Å²) in [5.41, 5.74) is 2.94. The number of imide groups is 1. The highest BCUT2D eigenvalue weighted by molar-refractivity contribution is 6.36. The third kappa shape index (κ3) is 3.10. The molecule has 0 aliphatic carbocycles. The topological polar surface area (TPSA) is 58.6 Å². The zero-order valence-corrected chi connectivity index (χ0v) is 14.8. The molecule has 0 fully saturated rings. The maximum absolute atomic E-state index is 12.5. The number of nitrogens with one attached hydrogen (secondary N) is 1. The normalized spacial score (nSPS) is 14.3. The Kier molecular flexibility index (Phi) is 4.51. The van der Waals surface area contributed by atoms with Gasteiger partial charge in [0.1, 0.15) is 11.4 Å². The van der Waals surface area contributed by atoms with Gasteiger partial charge in [-0.15, -0.1) is 0 Å². The second-order valence-electron chi connectivity index (χ2n) is 5.76. The van der Waals surface area contributed by atoms with Crippen LogP contribution < -0.4 is 10.1 Å². The van der Waals surface area contributed by atoms with Gasteiger partial charge in [-0.2, -0.15) is 0 Å². The summed E-state index contributed by atoms with van der Waals surface area (Å²) < 4.78 is 5.13. The number of aryl methyl sites for hydroxylation is 1. The molecule has 2 aromatic carbocycles. The summed E-state index contributed by atoms with van der Waals surface area (Å²) in [6.07, 6.45) is 0. The van der Waals surface area contributed by atoms with Crippen molar-refractivity contribution in [3.8, 4) is 5.75 Å². The van der Waals surface area contributed by atoms with E-state index in [0.29, 0.717) is 27.6 Å². The van der Waals surface area contributed by atoms with Crippen LogP contribution in [0.15, 0.2) is 48.2 Å². The van der Waals surface area contributed by atoms with E-state index >= 15 is 0 Å². The van der Waals surface area contributed by atoms with Crippen LogP contribution in [-0.4, -0.2) is 30.9 Å². The largest absolute Gasteiger partial charge is 0.495 e. The quantitative estimate of drug-likeness (QED) is 0.852. The Labute approximate surface area is 150 Å². The maximum atomic E-state index is 12.5. The van der Waals surface area contributed by atoms with Crippen molar-refractivity contribution in [2.24, 2.45) is 0 Å². The summed E-state index contributed by atoms with van der Waals surface area (Å²) in [6.45, 7) is 1.96. The number of amides is 2. The van der Waals surface area contributed by atoms with Gasteiger partial charge >= 0.3 is 0 Å². The first-order valence-electron chi connectivity index (χ1n) is 7.66. The van der Waals surface area contributed by atoms with Gasteiger partial charge in [0.2, 0.25) is 0 Å². The van der Waals surface area contributed by atoms with Gasteiger partial charge < -0.3 is 10.1 Å². The molecular formula is C19H17ClN2O3. The molecule has 2 amide bonds. The predicted octanol–water partition coefficient (Wildman–Crippen LogP) is 3.48. The third-order valence-electron chi connectivity index (χ3n) is 4.05. The van der Waals surface area contributed by atoms with E-state index in [9.17, 15) is 9.59 Å². The fourth-order valence-corrected chi connectivity index (χ4v) is 2.89. The zero-order valence-electron chi connectivity index (χ0n) is 14.1. The summed E-state index contributed by atoms with van der Waals surface area (Å²) in [5.74, 6) is -0.186. The molecule has 0 spiro atoms. The number of carbonyl (C=O) groups excluding carboxylic acids is 2. The number of ether oxygens (including phenoxy) is 1. The fourth-order valence-electron chi connectivity index (χ4n) is 2.63. The van der Waals surface area contributed by atoms with Gasteiger partial charge in [-0.25, -0.2) is 0 Å². The van der Waals surface area contributed by atoms with Crippen LogP contribution in [0, 0.1) is 6.92 Å². The molecule has 0 bridgehead atoms. The molecule has 0 aromatic heterocycles. The highest BCUT2D eigenvalue weighted by atomic mass is 35.5. The van der Waals surface area contributed by atoms with Gasteiger partial charge in [-0.05, 0) is 30.7 Å². The number of halogens is 1. The SMILES string of the molecule is COc1ccc(NC2=C(c3ccc(C)cc3)C(=O)N(C)C2=O)cc1Cl. The predicted molar refractivity (Wildman–Crippen MR) is 97.5 cm³/mol. The van der Waals surface area contributed by atoms with Crippen molar-refractivity contribution in [2.75, 3.05) is 19.5 Å². The number of likely N-dealkylation sites (N-methyl/N-ethyl adjacent to an activating group) is 1. The summed E-state index contributed by atoms with van der Waals surface area (Å²) in [4.78, 5) is 26.1. The van der Waals surface area contributed by atoms with E-state index < -0.39 is 0 Å². The monoisotopic (exact) mass is 356 g/mol. The van der Waals surface area contributed by atoms with E-state index in [0.717, 1.165) is 10.5 Å². The third-order valence-corrected chi connectivity index (χ3v) is 4.34. The van der Waals surface area contributed by atoms with Crippen LogP contribution in [0.5, 0.6) is 5.75 Å². The summed E-state index contributed by atoms with van der Waals surface area (Å²) in [7, 11) is 3.00. The summed E-state index contributed by atoms with van der Waals surface area (Å²) in [5, 5.41) is 3.45. The summed E-state index contributed by atoms with van der Waals surface area (Å²) >= 11 is 6.14. The van der Waals surface area contributed by atoms with Crippen LogP contribution in [0.3, 0.4) is 0 Å². The minimum Gasteiger partial charge on any atom is -0.495 e. The molecule has 1 heterocycles. The minimum absolute atomic E-state index is 0.234. The van der Waals surface area contributed by atoms with Gasteiger partial charge in [-0.3, -0.25) is 14.5 Å². The van der Waals surface area contributed by atoms with E-state index in [1.165, 1.54) is 14.2 Å². The fraction of sp³-hybridized carbons (Fsp3) is 0.158. The van der Waals surface area contributed by atoms with E-state index in [1.54, 1.807) is 18.2 Å². The molecule has 0 unspecified atom stereocenters. The minimum atomic E-state index is -0.382. The number of anilines is 1. The molecule has 2 aromatic rings. The molecule has 0 saturated heterocycles. The molecule has 1 N–H and O–H groups in total. The van der Waals surface area contributed by atoms with E-state index in [2.05, 4.69) is 5.32 Å². The summed E-state index contributed by atoms with van der Waals surface area (Å²) in [6, 6.07) is 12.6. The zero-order chi connectivity index (χ0) is 18.1. The molecule has 6 heteroatoms. The standard InChI is InChI=1S/C19H17ClN2O3/c1-11-4-6-12(7-5-11)16-17(19(24)22(2)18(16)23)21-13-8-9-15(25-3)14(20)10-13/h4-10,21H,1-3H3. The van der Waals surface area contributed by atoms with Crippen LogP contribution in [0.1, 0.15) is 11.1 Å². The van der Waals surface area contributed by atoms with Crippen LogP contribution in [0.4, 0.5) is 5.69 Å². The van der Waals surface area contributed by atoms with Crippen molar-refractivity contribution >= 4 is 34.7 Å². The molecule has 25 heavy (non-hydrogen) atoms. The van der Waals surface area contributed by atoms with Crippen molar-refractivity contribution in [3.63, 3.8) is 0 Å². The molecular weight excluding hydrogens is 340 g/mol. The van der Waals surface area contributed by atoms with Crippen LogP contribution in [0.25, 0.3) is 5.57 Å². The lowest BCUT2D eigenvalue weighted by Gasteiger charge is -2.10. The molecule has 0 saturated carbocycles. The first-order valence-corrected chi connectivity index (χ1v) is 8.04. The average Bonchev–Trinajstić information content (AvgIpc) is 2.80. The molecule has 128 valence electrons. The highest BCUT2D eigenvalue weighted by Crippen LogP contribution is 2.32. The first kappa shape index (κ1) is 17.0. The van der Waals surface area contributed by atoms with Crippen LogP contribution in [-0.2, 0) is 9.59 Å². The van der Waals surface area contributed by atoms with Gasteiger partial charge in [-0.1, -0.05) is 41.4 Å².